The summed E-state index contributed by atoms with van der Waals surface area (Å²) < 4.78 is 138. The molecule has 0 saturated heterocycles. The van der Waals surface area contributed by atoms with Gasteiger partial charge in [-0.15, -0.1) is 0 Å². The fourth-order valence-electron chi connectivity index (χ4n) is 0. The normalized spacial score (nSPS) is 8.89. The molecule has 0 N–H and O–H groups in total. The van der Waals surface area contributed by atoms with Crippen LogP contribution in [0.4, 0.5) is 0 Å². The maximum absolute atomic E-state index is 8.62. The van der Waals surface area contributed by atoms with E-state index in [1.54, 1.807) is 0 Å². The number of halogens is 7. The Bertz CT molecular complexity index is 157. The predicted octanol–water partition coefficient (Wildman–Crippen LogP) is -49.0. The molecule has 0 aliphatic heterocycles. The Kier molecular flexibility index (Phi) is 90.5. The third-order valence-electron chi connectivity index (χ3n) is 0. The van der Waals surface area contributed by atoms with E-state index in [-0.39, 0.29) is 145 Å². The minimum atomic E-state index is -5.94. The summed E-state index contributed by atoms with van der Waals surface area (Å²) >= 11 is -23.8. The monoisotopic (exact) mass is 1040 g/mol. The second-order valence-corrected chi connectivity index (χ2v) is 10.1. The standard InChI is InChI=1S/3ClH.4IO4.3Na.Ru/c;;;4*2-1(3,4)5;;;;/h3*1H;;;;;;;;/q;;;4*-1;3*+1;+4/p-3. The molecule has 0 aromatic rings. The molecule has 0 atom stereocenters. The summed E-state index contributed by atoms with van der Waals surface area (Å²) in [6.07, 6.45) is 0. The van der Waals surface area contributed by atoms with Gasteiger partial charge in [0.25, 0.3) is 0 Å². The van der Waals surface area contributed by atoms with Gasteiger partial charge in [0.2, 0.25) is 0 Å². The summed E-state index contributed by atoms with van der Waals surface area (Å²) in [6, 6.07) is 0. The molecule has 0 aromatic heterocycles. The predicted molar refractivity (Wildman–Crippen MR) is 0 cm³/mol. The van der Waals surface area contributed by atoms with E-state index < -0.39 is 80.4 Å². The molecule has 0 aliphatic carbocycles. The Morgan fingerprint density at radius 1 is 0.259 bits per heavy atom. The first-order valence-corrected chi connectivity index (χ1v) is 16.6. The van der Waals surface area contributed by atoms with Crippen LogP contribution in [0, 0.1) is 0 Å². The summed E-state index contributed by atoms with van der Waals surface area (Å²) in [5, 5.41) is 0. The van der Waals surface area contributed by atoms with Gasteiger partial charge in [-0.25, -0.2) is 0 Å². The van der Waals surface area contributed by atoms with Crippen molar-refractivity contribution in [3.63, 3.8) is 0 Å². The van der Waals surface area contributed by atoms with Crippen LogP contribution in [0.5, 0.6) is 0 Å². The van der Waals surface area contributed by atoms with Gasteiger partial charge < -0.3 is 37.2 Å². The minimum absolute atomic E-state index is 0. The van der Waals surface area contributed by atoms with Crippen molar-refractivity contribution >= 4 is 0 Å². The number of hydrogen-bond donors (Lipinski definition) is 0. The topological polar surface area (TPSA) is 369 Å². The second-order valence-electron chi connectivity index (χ2n) is 1.51. The Balaban J connectivity index is -0.0000000129. The molecule has 16 nitrogen and oxygen atoms in total. The van der Waals surface area contributed by atoms with Gasteiger partial charge in [-0.2, -0.15) is 0 Å². The van der Waals surface area contributed by atoms with E-state index in [0.29, 0.717) is 0 Å². The van der Waals surface area contributed by atoms with E-state index in [2.05, 4.69) is 0 Å². The fraction of sp³-hybridized carbons (Fsp3) is 0. The van der Waals surface area contributed by atoms with Crippen LogP contribution in [0.1, 0.15) is 0 Å². The van der Waals surface area contributed by atoms with Crippen molar-refractivity contribution < 1.29 is 281 Å². The third kappa shape index (κ3) is 676. The Morgan fingerprint density at radius 3 is 0.259 bits per heavy atom. The van der Waals surface area contributed by atoms with Gasteiger partial charge in [-0.05, 0) is 0 Å². The summed E-state index contributed by atoms with van der Waals surface area (Å²) in [5.41, 5.74) is 0. The van der Waals surface area contributed by atoms with E-state index in [1.807, 2.05) is 0 Å². The van der Waals surface area contributed by atoms with Gasteiger partial charge in [-0.3, -0.25) is 55.0 Å². The zero-order valence-electron chi connectivity index (χ0n) is 12.5. The molecule has 0 aromatic carbocycles. The molecule has 0 rings (SSSR count). The quantitative estimate of drug-likeness (QED) is 0.161. The molecule has 0 bridgehead atoms. The smallest absolute Gasteiger partial charge is 1.00 e. The summed E-state index contributed by atoms with van der Waals surface area (Å²) in [7, 11) is 0. The first-order valence-electron chi connectivity index (χ1n) is 2.47. The van der Waals surface area contributed by atoms with Crippen molar-refractivity contribution in [2.45, 2.75) is 0 Å². The molecule has 0 amide bonds. The molecule has 156 valence electrons. The molecule has 0 aliphatic rings. The van der Waals surface area contributed by atoms with Gasteiger partial charge in [0.15, 0.2) is 0 Å². The van der Waals surface area contributed by atoms with Gasteiger partial charge >= 0.3 is 108 Å². The van der Waals surface area contributed by atoms with E-state index in [1.165, 1.54) is 0 Å². The van der Waals surface area contributed by atoms with Crippen LogP contribution in [0.15, 0.2) is 0 Å². The molecular formula is Cl3I4Na3O16Ru. The fourth-order valence-corrected chi connectivity index (χ4v) is 0. The molecule has 0 unspecified atom stereocenters. The second kappa shape index (κ2) is 34.9. The first kappa shape index (κ1) is 69.9. The molecule has 27 heavy (non-hydrogen) atoms. The van der Waals surface area contributed by atoms with Crippen LogP contribution >= 0.6 is 0 Å². The molecular weight excluding hydrogens is 1040 g/mol. The van der Waals surface area contributed by atoms with Crippen molar-refractivity contribution in [1.29, 1.82) is 0 Å². The van der Waals surface area contributed by atoms with Crippen molar-refractivity contribution in [3.05, 3.63) is 0 Å². The summed E-state index contributed by atoms with van der Waals surface area (Å²) in [5.74, 6) is 0. The van der Waals surface area contributed by atoms with Gasteiger partial charge in [-0.1, -0.05) is 0 Å². The first-order chi connectivity index (χ1) is 8.00. The Morgan fingerprint density at radius 2 is 0.259 bits per heavy atom. The molecule has 0 heterocycles. The van der Waals surface area contributed by atoms with Crippen LogP contribution in [0.2, 0.25) is 0 Å². The van der Waals surface area contributed by atoms with Crippen LogP contribution in [0.25, 0.3) is 0 Å². The minimum Gasteiger partial charge on any atom is -1.00 e. The SMILES string of the molecule is [Cl-].[Cl-].[Cl-].[Na+].[Na+].[Na+].[O-][I+3]([O-])([O-])[O-].[O-][I+3]([O-])([O-])[O-].[O-][I+3]([O-])([O-])[O-].[O-][I+3]([O-])([O-])[O-].[Ru+4]. The summed E-state index contributed by atoms with van der Waals surface area (Å²) in [6.45, 7) is 0. The van der Waals surface area contributed by atoms with Gasteiger partial charge in [0, 0.05) is 0 Å². The summed E-state index contributed by atoms with van der Waals surface area (Å²) in [4.78, 5) is 0. The van der Waals surface area contributed by atoms with E-state index in [4.69, 9.17) is 55.0 Å². The average Bonchev–Trinajstić information content (AvgIpc) is 1.62. The van der Waals surface area contributed by atoms with Crippen LogP contribution in [0.3, 0.4) is 0 Å². The van der Waals surface area contributed by atoms with E-state index in [9.17, 15) is 0 Å². The Labute approximate surface area is 274 Å². The van der Waals surface area contributed by atoms with Crippen molar-refractivity contribution in [2.24, 2.45) is 0 Å². The molecule has 0 fully saturated rings. The molecule has 27 heteroatoms. The van der Waals surface area contributed by atoms with Gasteiger partial charge in [0.05, 0.1) is 0 Å². The van der Waals surface area contributed by atoms with Crippen LogP contribution < -0.4 is 261 Å². The average molecular weight is 1040 g/mol. The maximum atomic E-state index is 8.62. The van der Waals surface area contributed by atoms with Crippen molar-refractivity contribution in [3.8, 4) is 0 Å². The van der Waals surface area contributed by atoms with E-state index in [0.717, 1.165) is 0 Å². The maximum Gasteiger partial charge on any atom is 4.00 e. The molecule has 0 radical (unpaired) electrons. The van der Waals surface area contributed by atoms with Crippen molar-refractivity contribution in [1.82, 2.24) is 0 Å². The zero-order chi connectivity index (χ0) is 18.0. The largest absolute Gasteiger partial charge is 4.00 e. The van der Waals surface area contributed by atoms with Crippen LogP contribution in [-0.2, 0) is 19.5 Å². The Hall–Kier alpha value is 6.77. The number of hydrogen-bond acceptors (Lipinski definition) is 16. The molecule has 0 spiro atoms. The van der Waals surface area contributed by atoms with Crippen LogP contribution in [-0.4, -0.2) is 0 Å². The number of rotatable bonds is 0. The zero-order valence-corrected chi connectivity index (χ0v) is 31.2. The van der Waals surface area contributed by atoms with Gasteiger partial charge in [0.1, 0.15) is 80.4 Å². The third-order valence-corrected chi connectivity index (χ3v) is 0. The molecule has 0 saturated carbocycles. The van der Waals surface area contributed by atoms with Crippen molar-refractivity contribution in [2.75, 3.05) is 0 Å². The van der Waals surface area contributed by atoms with E-state index >= 15 is 0 Å².